The predicted molar refractivity (Wildman–Crippen MR) is 82.9 cm³/mol. The molecule has 0 saturated carbocycles. The lowest BCUT2D eigenvalue weighted by molar-refractivity contribution is -0.392. The fourth-order valence-corrected chi connectivity index (χ4v) is 2.20. The van der Waals surface area contributed by atoms with Crippen LogP contribution in [0.2, 0.25) is 5.02 Å². The van der Waals surface area contributed by atoms with Crippen molar-refractivity contribution in [3.63, 3.8) is 0 Å². The third-order valence-electron chi connectivity index (χ3n) is 3.03. The van der Waals surface area contributed by atoms with Gasteiger partial charge in [0.25, 0.3) is 5.91 Å². The number of rotatable bonds is 6. The molecule has 118 valence electrons. The largest absolute Gasteiger partial charge is 0.358 e. The van der Waals surface area contributed by atoms with E-state index < -0.39 is 10.8 Å². The van der Waals surface area contributed by atoms with Crippen LogP contribution in [0.25, 0.3) is 0 Å². The normalized spacial score (nSPS) is 10.1. The molecule has 2 aromatic rings. The first-order valence-electron chi connectivity index (χ1n) is 6.62. The first-order chi connectivity index (χ1) is 11.0. The van der Waals surface area contributed by atoms with E-state index in [1.165, 1.54) is 17.2 Å². The molecule has 0 radical (unpaired) electrons. The molecule has 0 bridgehead atoms. The van der Waals surface area contributed by atoms with Gasteiger partial charge in [-0.1, -0.05) is 22.8 Å². The standard InChI is InChI=1S/C14H12ClN5O3/c15-11-3-1-4-12(9-11)18(8-2-6-16)14(21)10-19-13(20(22)23)5-7-17-19/h1,3-5,7,9H,2,8,10H2. The molecule has 0 saturated heterocycles. The Balaban J connectivity index is 2.25. The van der Waals surface area contributed by atoms with Crippen molar-refractivity contribution in [1.29, 1.82) is 5.26 Å². The zero-order valence-corrected chi connectivity index (χ0v) is 12.7. The van der Waals surface area contributed by atoms with Crippen LogP contribution >= 0.6 is 11.6 Å². The summed E-state index contributed by atoms with van der Waals surface area (Å²) < 4.78 is 1.01. The number of anilines is 1. The van der Waals surface area contributed by atoms with Crippen LogP contribution in [-0.2, 0) is 11.3 Å². The molecule has 1 heterocycles. The Labute approximate surface area is 136 Å². The van der Waals surface area contributed by atoms with Crippen molar-refractivity contribution in [1.82, 2.24) is 9.78 Å². The molecular formula is C14H12ClN5O3. The maximum atomic E-state index is 12.5. The second-order valence-corrected chi connectivity index (χ2v) is 4.97. The number of carbonyl (C=O) groups excluding carboxylic acids is 1. The monoisotopic (exact) mass is 333 g/mol. The van der Waals surface area contributed by atoms with Crippen LogP contribution in [0.4, 0.5) is 11.5 Å². The van der Waals surface area contributed by atoms with Crippen LogP contribution in [0.15, 0.2) is 36.5 Å². The number of nitriles is 1. The number of nitro groups is 1. The third kappa shape index (κ3) is 4.05. The molecule has 0 fully saturated rings. The molecule has 1 aromatic carbocycles. The van der Waals surface area contributed by atoms with Gasteiger partial charge in [0.15, 0.2) is 6.54 Å². The second kappa shape index (κ2) is 7.38. The van der Waals surface area contributed by atoms with Crippen molar-refractivity contribution in [2.75, 3.05) is 11.4 Å². The maximum Gasteiger partial charge on any atom is 0.345 e. The number of nitrogens with zero attached hydrogens (tertiary/aromatic N) is 5. The van der Waals surface area contributed by atoms with Gasteiger partial charge < -0.3 is 15.0 Å². The molecule has 0 atom stereocenters. The van der Waals surface area contributed by atoms with E-state index in [-0.39, 0.29) is 25.3 Å². The second-order valence-electron chi connectivity index (χ2n) is 4.54. The Morgan fingerprint density at radius 3 is 2.91 bits per heavy atom. The minimum Gasteiger partial charge on any atom is -0.358 e. The van der Waals surface area contributed by atoms with Gasteiger partial charge in [-0.3, -0.25) is 4.79 Å². The van der Waals surface area contributed by atoms with Gasteiger partial charge in [-0.25, -0.2) is 0 Å². The summed E-state index contributed by atoms with van der Waals surface area (Å²) in [6.07, 6.45) is 1.38. The van der Waals surface area contributed by atoms with Crippen molar-refractivity contribution in [2.24, 2.45) is 0 Å². The minimum absolute atomic E-state index is 0.124. The van der Waals surface area contributed by atoms with E-state index in [0.717, 1.165) is 4.68 Å². The molecule has 0 unspecified atom stereocenters. The van der Waals surface area contributed by atoms with Gasteiger partial charge in [0.05, 0.1) is 24.8 Å². The number of aromatic nitrogens is 2. The highest BCUT2D eigenvalue weighted by Crippen LogP contribution is 2.21. The fourth-order valence-electron chi connectivity index (χ4n) is 2.02. The molecule has 0 aliphatic carbocycles. The van der Waals surface area contributed by atoms with Crippen LogP contribution in [-0.4, -0.2) is 27.2 Å². The topological polar surface area (TPSA) is 105 Å². The smallest absolute Gasteiger partial charge is 0.345 e. The number of benzene rings is 1. The Kier molecular flexibility index (Phi) is 5.28. The molecule has 0 spiro atoms. The summed E-state index contributed by atoms with van der Waals surface area (Å²) in [5.74, 6) is -0.695. The van der Waals surface area contributed by atoms with E-state index >= 15 is 0 Å². The highest BCUT2D eigenvalue weighted by atomic mass is 35.5. The number of hydrogen-bond acceptors (Lipinski definition) is 5. The van der Waals surface area contributed by atoms with Gasteiger partial charge in [0.1, 0.15) is 0 Å². The van der Waals surface area contributed by atoms with Gasteiger partial charge in [0.2, 0.25) is 0 Å². The average Bonchev–Trinajstić information content (AvgIpc) is 2.96. The minimum atomic E-state index is -0.612. The first kappa shape index (κ1) is 16.5. The Morgan fingerprint density at radius 1 is 1.48 bits per heavy atom. The molecular weight excluding hydrogens is 322 g/mol. The molecule has 9 heteroatoms. The van der Waals surface area contributed by atoms with Gasteiger partial charge in [-0.15, -0.1) is 4.68 Å². The SMILES string of the molecule is N#CCCN(C(=O)Cn1nccc1[N+](=O)[O-])c1cccc(Cl)c1. The maximum absolute atomic E-state index is 12.5. The van der Waals surface area contributed by atoms with E-state index in [4.69, 9.17) is 16.9 Å². The summed E-state index contributed by atoms with van der Waals surface area (Å²) in [4.78, 5) is 24.1. The predicted octanol–water partition coefficient (Wildman–Crippen LogP) is 2.39. The van der Waals surface area contributed by atoms with Crippen LogP contribution in [0.1, 0.15) is 6.42 Å². The lowest BCUT2D eigenvalue weighted by Gasteiger charge is -2.21. The van der Waals surface area contributed by atoms with Crippen LogP contribution in [0, 0.1) is 21.4 Å². The Morgan fingerprint density at radius 2 is 2.26 bits per heavy atom. The lowest BCUT2D eigenvalue weighted by Crippen LogP contribution is -2.35. The van der Waals surface area contributed by atoms with Gasteiger partial charge >= 0.3 is 5.82 Å². The van der Waals surface area contributed by atoms with Crippen molar-refractivity contribution >= 4 is 29.0 Å². The van der Waals surface area contributed by atoms with Gasteiger partial charge in [-0.05, 0) is 23.1 Å². The van der Waals surface area contributed by atoms with E-state index in [9.17, 15) is 14.9 Å². The van der Waals surface area contributed by atoms with Crippen LogP contribution in [0.3, 0.4) is 0 Å². The number of halogens is 1. The average molecular weight is 334 g/mol. The Bertz CT molecular complexity index is 768. The summed E-state index contributed by atoms with van der Waals surface area (Å²) in [5.41, 5.74) is 0.521. The van der Waals surface area contributed by atoms with Crippen LogP contribution < -0.4 is 4.90 Å². The van der Waals surface area contributed by atoms with Gasteiger partial charge in [0, 0.05) is 17.3 Å². The van der Waals surface area contributed by atoms with E-state index in [0.29, 0.717) is 10.7 Å². The zero-order valence-electron chi connectivity index (χ0n) is 11.9. The first-order valence-corrected chi connectivity index (χ1v) is 7.00. The highest BCUT2D eigenvalue weighted by molar-refractivity contribution is 6.30. The molecule has 1 amide bonds. The molecule has 0 N–H and O–H groups in total. The molecule has 2 rings (SSSR count). The molecule has 0 aliphatic rings. The summed E-state index contributed by atoms with van der Waals surface area (Å²) in [7, 11) is 0. The van der Waals surface area contributed by atoms with E-state index in [2.05, 4.69) is 5.10 Å². The van der Waals surface area contributed by atoms with Crippen LogP contribution in [0.5, 0.6) is 0 Å². The third-order valence-corrected chi connectivity index (χ3v) is 3.27. The van der Waals surface area contributed by atoms with Gasteiger partial charge in [-0.2, -0.15) is 5.26 Å². The van der Waals surface area contributed by atoms with Crippen molar-refractivity contribution in [2.45, 2.75) is 13.0 Å². The molecule has 1 aromatic heterocycles. The van der Waals surface area contributed by atoms with Crippen molar-refractivity contribution in [3.8, 4) is 6.07 Å². The Hall–Kier alpha value is -2.92. The quantitative estimate of drug-likeness (QED) is 0.596. The lowest BCUT2D eigenvalue weighted by atomic mass is 10.2. The highest BCUT2D eigenvalue weighted by Gasteiger charge is 2.22. The summed E-state index contributed by atoms with van der Waals surface area (Å²) in [6, 6.07) is 9.80. The molecule has 23 heavy (non-hydrogen) atoms. The van der Waals surface area contributed by atoms with E-state index in [1.807, 2.05) is 6.07 Å². The fraction of sp³-hybridized carbons (Fsp3) is 0.214. The number of amides is 1. The number of hydrogen-bond donors (Lipinski definition) is 0. The summed E-state index contributed by atoms with van der Waals surface area (Å²) in [5, 5.41) is 23.9. The summed E-state index contributed by atoms with van der Waals surface area (Å²) in [6.45, 7) is -0.147. The summed E-state index contributed by atoms with van der Waals surface area (Å²) >= 11 is 5.93. The van der Waals surface area contributed by atoms with Crippen molar-refractivity contribution in [3.05, 3.63) is 51.7 Å². The molecule has 8 nitrogen and oxygen atoms in total. The van der Waals surface area contributed by atoms with E-state index in [1.54, 1.807) is 24.3 Å². The number of carbonyl (C=O) groups is 1. The van der Waals surface area contributed by atoms with Crippen molar-refractivity contribution < 1.29 is 9.72 Å². The zero-order chi connectivity index (χ0) is 16.8. The molecule has 0 aliphatic heterocycles.